The number of imide groups is 2. The van der Waals surface area contributed by atoms with Crippen molar-refractivity contribution >= 4 is 17.8 Å². The maximum atomic E-state index is 12.3. The minimum absolute atomic E-state index is 0.428. The molecular formula is C12H14N2O3. The minimum Gasteiger partial charge on any atom is -0.277 e. The van der Waals surface area contributed by atoms with E-state index in [9.17, 15) is 14.4 Å². The van der Waals surface area contributed by atoms with Crippen LogP contribution in [-0.4, -0.2) is 28.8 Å². The summed E-state index contributed by atoms with van der Waals surface area (Å²) in [4.78, 5) is 36.7. The molecule has 1 spiro atoms. The lowest BCUT2D eigenvalue weighted by atomic mass is 9.66. The third-order valence-corrected chi connectivity index (χ3v) is 3.60. The topological polar surface area (TPSA) is 66.5 Å². The third kappa shape index (κ3) is 1.44. The second kappa shape index (κ2) is 3.88. The van der Waals surface area contributed by atoms with Crippen molar-refractivity contribution in [1.29, 1.82) is 0 Å². The largest absolute Gasteiger partial charge is 0.331 e. The van der Waals surface area contributed by atoms with Gasteiger partial charge >= 0.3 is 6.03 Å². The normalized spacial score (nSPS) is 24.0. The van der Waals surface area contributed by atoms with Crippen molar-refractivity contribution in [2.75, 3.05) is 0 Å². The predicted molar refractivity (Wildman–Crippen MR) is 59.6 cm³/mol. The second-order valence-corrected chi connectivity index (χ2v) is 4.46. The summed E-state index contributed by atoms with van der Waals surface area (Å²) in [7, 11) is 0. The fourth-order valence-corrected chi connectivity index (χ4v) is 2.33. The van der Waals surface area contributed by atoms with E-state index in [0.29, 0.717) is 19.3 Å². The highest BCUT2D eigenvalue weighted by Gasteiger charge is 2.58. The lowest BCUT2D eigenvalue weighted by Gasteiger charge is -2.45. The average molecular weight is 234 g/mol. The molecule has 2 rings (SSSR count). The average Bonchev–Trinajstić information content (AvgIpc) is 2.21. The van der Waals surface area contributed by atoms with Crippen molar-refractivity contribution in [3.63, 3.8) is 0 Å². The Morgan fingerprint density at radius 3 is 2.53 bits per heavy atom. The highest BCUT2D eigenvalue weighted by Crippen LogP contribution is 2.44. The molecule has 1 atom stereocenters. The molecular weight excluding hydrogens is 220 g/mol. The highest BCUT2D eigenvalue weighted by molar-refractivity contribution is 6.19. The quantitative estimate of drug-likeness (QED) is 0.563. The lowest BCUT2D eigenvalue weighted by Crippen LogP contribution is -2.67. The molecule has 1 aliphatic carbocycles. The van der Waals surface area contributed by atoms with Crippen LogP contribution in [-0.2, 0) is 9.59 Å². The summed E-state index contributed by atoms with van der Waals surface area (Å²) in [5.41, 5.74) is -1.03. The lowest BCUT2D eigenvalue weighted by molar-refractivity contribution is -0.158. The first-order valence-corrected chi connectivity index (χ1v) is 5.72. The number of carbonyl (C=O) groups excluding carboxylic acids is 3. The van der Waals surface area contributed by atoms with Crippen LogP contribution in [0.5, 0.6) is 0 Å². The third-order valence-electron chi connectivity index (χ3n) is 3.60. The first-order chi connectivity index (χ1) is 8.06. The van der Waals surface area contributed by atoms with Gasteiger partial charge in [-0.1, -0.05) is 19.3 Å². The van der Waals surface area contributed by atoms with E-state index >= 15 is 0 Å². The van der Waals surface area contributed by atoms with Crippen LogP contribution in [0.2, 0.25) is 0 Å². The minimum atomic E-state index is -1.03. The summed E-state index contributed by atoms with van der Waals surface area (Å²) in [5.74, 6) is 1.52. The van der Waals surface area contributed by atoms with Crippen LogP contribution < -0.4 is 5.32 Å². The SMILES string of the molecule is C#CC(CC)N1C(=O)NC(=O)C2(CCC2)C1=O. The molecule has 0 aromatic heterocycles. The molecule has 1 N–H and O–H groups in total. The Bertz CT molecular complexity index is 432. The van der Waals surface area contributed by atoms with Gasteiger partial charge in [0.1, 0.15) is 11.5 Å². The van der Waals surface area contributed by atoms with Gasteiger partial charge in [0.15, 0.2) is 0 Å². The van der Waals surface area contributed by atoms with Gasteiger partial charge in [-0.3, -0.25) is 14.9 Å². The van der Waals surface area contributed by atoms with Gasteiger partial charge in [-0.05, 0) is 19.3 Å². The van der Waals surface area contributed by atoms with E-state index in [0.717, 1.165) is 11.3 Å². The first kappa shape index (κ1) is 11.6. The number of terminal acetylenes is 1. The summed E-state index contributed by atoms with van der Waals surface area (Å²) in [6.07, 6.45) is 7.63. The van der Waals surface area contributed by atoms with E-state index in [1.165, 1.54) is 0 Å². The van der Waals surface area contributed by atoms with Gasteiger partial charge in [-0.15, -0.1) is 6.42 Å². The van der Waals surface area contributed by atoms with Crippen LogP contribution in [0, 0.1) is 17.8 Å². The Morgan fingerprint density at radius 1 is 1.47 bits per heavy atom. The van der Waals surface area contributed by atoms with E-state index in [1.807, 2.05) is 0 Å². The van der Waals surface area contributed by atoms with Crippen LogP contribution in [0.4, 0.5) is 4.79 Å². The van der Waals surface area contributed by atoms with Crippen LogP contribution in [0.25, 0.3) is 0 Å². The summed E-state index contributed by atoms with van der Waals surface area (Å²) in [5, 5.41) is 2.23. The summed E-state index contributed by atoms with van der Waals surface area (Å²) in [6, 6.07) is -1.27. The molecule has 1 heterocycles. The summed E-state index contributed by atoms with van der Waals surface area (Å²) >= 11 is 0. The second-order valence-electron chi connectivity index (χ2n) is 4.46. The molecule has 0 bridgehead atoms. The molecule has 90 valence electrons. The van der Waals surface area contributed by atoms with Crippen molar-refractivity contribution < 1.29 is 14.4 Å². The van der Waals surface area contributed by atoms with Crippen LogP contribution in [0.3, 0.4) is 0 Å². The van der Waals surface area contributed by atoms with Crippen molar-refractivity contribution in [3.8, 4) is 12.3 Å². The molecule has 0 aromatic rings. The smallest absolute Gasteiger partial charge is 0.277 e. The number of nitrogens with one attached hydrogen (secondary N) is 1. The number of amides is 4. The van der Waals surface area contributed by atoms with Crippen molar-refractivity contribution in [2.24, 2.45) is 5.41 Å². The molecule has 1 saturated heterocycles. The van der Waals surface area contributed by atoms with Gasteiger partial charge < -0.3 is 0 Å². The van der Waals surface area contributed by atoms with E-state index in [-0.39, 0.29) is 0 Å². The van der Waals surface area contributed by atoms with Crippen LogP contribution in [0.1, 0.15) is 32.6 Å². The van der Waals surface area contributed by atoms with Gasteiger partial charge in [-0.25, -0.2) is 9.69 Å². The van der Waals surface area contributed by atoms with Crippen molar-refractivity contribution in [2.45, 2.75) is 38.6 Å². The standard InChI is InChI=1S/C12H14N2O3/c1-3-8(4-2)14-10(16)12(6-5-7-12)9(15)13-11(14)17/h1,8H,4-7H2,2H3,(H,13,15,17). The van der Waals surface area contributed by atoms with Gasteiger partial charge in [-0.2, -0.15) is 0 Å². The van der Waals surface area contributed by atoms with Crippen LogP contribution >= 0.6 is 0 Å². The van der Waals surface area contributed by atoms with E-state index in [4.69, 9.17) is 6.42 Å². The van der Waals surface area contributed by atoms with Crippen LogP contribution in [0.15, 0.2) is 0 Å². The Labute approximate surface area is 99.5 Å². The molecule has 4 amide bonds. The Morgan fingerprint density at radius 2 is 2.12 bits per heavy atom. The molecule has 17 heavy (non-hydrogen) atoms. The molecule has 1 unspecified atom stereocenters. The summed E-state index contributed by atoms with van der Waals surface area (Å²) in [6.45, 7) is 1.80. The maximum Gasteiger partial charge on any atom is 0.331 e. The van der Waals surface area contributed by atoms with Crippen molar-refractivity contribution in [3.05, 3.63) is 0 Å². The van der Waals surface area contributed by atoms with Gasteiger partial charge in [0, 0.05) is 0 Å². The molecule has 0 aromatic carbocycles. The van der Waals surface area contributed by atoms with E-state index in [2.05, 4.69) is 11.2 Å². The number of hydrogen-bond acceptors (Lipinski definition) is 3. The van der Waals surface area contributed by atoms with Crippen molar-refractivity contribution in [1.82, 2.24) is 10.2 Å². The molecule has 1 aliphatic heterocycles. The molecule has 5 nitrogen and oxygen atoms in total. The Balaban J connectivity index is 2.34. The zero-order valence-corrected chi connectivity index (χ0v) is 9.66. The zero-order valence-electron chi connectivity index (χ0n) is 9.66. The molecule has 2 fully saturated rings. The number of urea groups is 1. The number of carbonyl (C=O) groups is 3. The molecule has 5 heteroatoms. The maximum absolute atomic E-state index is 12.3. The fraction of sp³-hybridized carbons (Fsp3) is 0.583. The molecule has 2 aliphatic rings. The van der Waals surface area contributed by atoms with Gasteiger partial charge in [0.2, 0.25) is 11.8 Å². The fourth-order valence-electron chi connectivity index (χ4n) is 2.33. The van der Waals surface area contributed by atoms with Gasteiger partial charge in [0.05, 0.1) is 0 Å². The first-order valence-electron chi connectivity index (χ1n) is 5.72. The Hall–Kier alpha value is -1.83. The Kier molecular flexibility index (Phi) is 2.66. The highest BCUT2D eigenvalue weighted by atomic mass is 16.2. The van der Waals surface area contributed by atoms with E-state index in [1.54, 1.807) is 6.92 Å². The monoisotopic (exact) mass is 234 g/mol. The molecule has 0 radical (unpaired) electrons. The number of rotatable bonds is 2. The number of nitrogens with zero attached hydrogens (tertiary/aromatic N) is 1. The van der Waals surface area contributed by atoms with E-state index < -0.39 is 29.3 Å². The molecule has 1 saturated carbocycles. The number of hydrogen-bond donors (Lipinski definition) is 1. The predicted octanol–water partition coefficient (Wildman–Crippen LogP) is 0.647. The zero-order chi connectivity index (χ0) is 12.6. The van der Waals surface area contributed by atoms with Gasteiger partial charge in [0.25, 0.3) is 0 Å². The summed E-state index contributed by atoms with van der Waals surface area (Å²) < 4.78 is 0. The number of barbiturate groups is 1.